The summed E-state index contributed by atoms with van der Waals surface area (Å²) in [4.78, 5) is 10.0. The van der Waals surface area contributed by atoms with E-state index in [-0.39, 0.29) is 6.29 Å². The Labute approximate surface area is 66.7 Å². The number of rotatable bonds is 3. The van der Waals surface area contributed by atoms with E-state index in [0.29, 0.717) is 18.8 Å². The molecule has 3 nitrogen and oxygen atoms in total. The molecule has 0 unspecified atom stereocenters. The van der Waals surface area contributed by atoms with E-state index < -0.39 is 0 Å². The second-order valence-corrected chi connectivity index (χ2v) is 2.95. The Morgan fingerprint density at radius 1 is 1.45 bits per heavy atom. The molecule has 1 fully saturated rings. The summed E-state index contributed by atoms with van der Waals surface area (Å²) < 4.78 is 10.6. The highest BCUT2D eigenvalue weighted by Crippen LogP contribution is 2.13. The molecule has 64 valence electrons. The molecule has 1 saturated heterocycles. The first-order valence-electron chi connectivity index (χ1n) is 3.99. The third kappa shape index (κ3) is 2.99. The molecule has 3 heteroatoms. The SMILES string of the molecule is CC1COC(CCC=O)OC1. The van der Waals surface area contributed by atoms with Gasteiger partial charge in [0.1, 0.15) is 6.29 Å². The molecule has 0 aromatic heterocycles. The van der Waals surface area contributed by atoms with Gasteiger partial charge in [0.15, 0.2) is 6.29 Å². The van der Waals surface area contributed by atoms with Crippen LogP contribution >= 0.6 is 0 Å². The zero-order valence-electron chi connectivity index (χ0n) is 6.79. The molecule has 0 saturated carbocycles. The topological polar surface area (TPSA) is 35.5 Å². The van der Waals surface area contributed by atoms with Gasteiger partial charge in [-0.15, -0.1) is 0 Å². The molecule has 0 bridgehead atoms. The lowest BCUT2D eigenvalue weighted by molar-refractivity contribution is -0.200. The van der Waals surface area contributed by atoms with E-state index in [0.717, 1.165) is 19.5 Å². The van der Waals surface area contributed by atoms with Gasteiger partial charge in [-0.25, -0.2) is 0 Å². The lowest BCUT2D eigenvalue weighted by atomic mass is 10.2. The van der Waals surface area contributed by atoms with Crippen molar-refractivity contribution in [2.45, 2.75) is 26.1 Å². The van der Waals surface area contributed by atoms with Crippen molar-refractivity contribution in [1.82, 2.24) is 0 Å². The van der Waals surface area contributed by atoms with E-state index in [9.17, 15) is 4.79 Å². The van der Waals surface area contributed by atoms with Crippen LogP contribution in [-0.4, -0.2) is 25.8 Å². The average Bonchev–Trinajstić information content (AvgIpc) is 2.04. The van der Waals surface area contributed by atoms with Crippen molar-refractivity contribution in [1.29, 1.82) is 0 Å². The molecule has 0 spiro atoms. The largest absolute Gasteiger partial charge is 0.352 e. The molecular weight excluding hydrogens is 144 g/mol. The minimum absolute atomic E-state index is 0.142. The molecule has 0 aromatic rings. The van der Waals surface area contributed by atoms with E-state index >= 15 is 0 Å². The molecule has 11 heavy (non-hydrogen) atoms. The first-order chi connectivity index (χ1) is 5.33. The molecule has 0 amide bonds. The van der Waals surface area contributed by atoms with E-state index in [1.54, 1.807) is 0 Å². The predicted octanol–water partition coefficient (Wildman–Crippen LogP) is 0.975. The summed E-state index contributed by atoms with van der Waals surface area (Å²) in [7, 11) is 0. The monoisotopic (exact) mass is 158 g/mol. The summed E-state index contributed by atoms with van der Waals surface area (Å²) in [6.45, 7) is 3.59. The summed E-state index contributed by atoms with van der Waals surface area (Å²) in [6, 6.07) is 0. The van der Waals surface area contributed by atoms with Crippen molar-refractivity contribution < 1.29 is 14.3 Å². The highest BCUT2D eigenvalue weighted by Gasteiger charge is 2.17. The molecule has 0 aromatic carbocycles. The van der Waals surface area contributed by atoms with Crippen molar-refractivity contribution >= 4 is 6.29 Å². The Hall–Kier alpha value is -0.410. The van der Waals surface area contributed by atoms with E-state index in [1.807, 2.05) is 0 Å². The van der Waals surface area contributed by atoms with Gasteiger partial charge in [0.25, 0.3) is 0 Å². The zero-order valence-corrected chi connectivity index (χ0v) is 6.79. The minimum Gasteiger partial charge on any atom is -0.352 e. The van der Waals surface area contributed by atoms with Gasteiger partial charge in [-0.3, -0.25) is 0 Å². The lowest BCUT2D eigenvalue weighted by Crippen LogP contribution is -2.30. The fraction of sp³-hybridized carbons (Fsp3) is 0.875. The summed E-state index contributed by atoms with van der Waals surface area (Å²) in [6.07, 6.45) is 1.97. The first kappa shape index (κ1) is 8.68. The van der Waals surface area contributed by atoms with Gasteiger partial charge in [-0.1, -0.05) is 6.92 Å². The van der Waals surface area contributed by atoms with Crippen LogP contribution in [0.3, 0.4) is 0 Å². The third-order valence-corrected chi connectivity index (χ3v) is 1.65. The average molecular weight is 158 g/mol. The maximum Gasteiger partial charge on any atom is 0.158 e. The Morgan fingerprint density at radius 3 is 2.64 bits per heavy atom. The van der Waals surface area contributed by atoms with Crippen LogP contribution in [0.1, 0.15) is 19.8 Å². The Morgan fingerprint density at radius 2 is 2.09 bits per heavy atom. The number of hydrogen-bond acceptors (Lipinski definition) is 3. The van der Waals surface area contributed by atoms with Crippen molar-refractivity contribution in [2.24, 2.45) is 5.92 Å². The lowest BCUT2D eigenvalue weighted by Gasteiger charge is -2.26. The van der Waals surface area contributed by atoms with Crippen molar-refractivity contribution in [3.8, 4) is 0 Å². The van der Waals surface area contributed by atoms with Crippen LogP contribution in [0.2, 0.25) is 0 Å². The molecular formula is C8H14O3. The Bertz CT molecular complexity index is 117. The third-order valence-electron chi connectivity index (χ3n) is 1.65. The molecule has 1 aliphatic rings. The van der Waals surface area contributed by atoms with Crippen LogP contribution in [0.4, 0.5) is 0 Å². The van der Waals surface area contributed by atoms with Crippen molar-refractivity contribution in [3.63, 3.8) is 0 Å². The van der Waals surface area contributed by atoms with Gasteiger partial charge in [0, 0.05) is 18.8 Å². The summed E-state index contributed by atoms with van der Waals surface area (Å²) >= 11 is 0. The summed E-state index contributed by atoms with van der Waals surface area (Å²) in [5.74, 6) is 0.488. The fourth-order valence-corrected chi connectivity index (χ4v) is 1.01. The van der Waals surface area contributed by atoms with Crippen LogP contribution in [-0.2, 0) is 14.3 Å². The maximum absolute atomic E-state index is 10.0. The van der Waals surface area contributed by atoms with E-state index in [4.69, 9.17) is 9.47 Å². The first-order valence-corrected chi connectivity index (χ1v) is 3.99. The van der Waals surface area contributed by atoms with Crippen LogP contribution in [0, 0.1) is 5.92 Å². The second kappa shape index (κ2) is 4.46. The molecule has 1 heterocycles. The number of carbonyl (C=O) groups excluding carboxylic acids is 1. The second-order valence-electron chi connectivity index (χ2n) is 2.95. The normalized spacial score (nSPS) is 31.7. The van der Waals surface area contributed by atoms with Crippen molar-refractivity contribution in [2.75, 3.05) is 13.2 Å². The fourth-order valence-electron chi connectivity index (χ4n) is 1.01. The molecule has 0 radical (unpaired) electrons. The quantitative estimate of drug-likeness (QED) is 0.574. The standard InChI is InChI=1S/C8H14O3/c1-7-5-10-8(11-6-7)3-2-4-9/h4,7-8H,2-3,5-6H2,1H3. The highest BCUT2D eigenvalue weighted by atomic mass is 16.7. The predicted molar refractivity (Wildman–Crippen MR) is 40.2 cm³/mol. The van der Waals surface area contributed by atoms with Gasteiger partial charge in [-0.2, -0.15) is 0 Å². The van der Waals surface area contributed by atoms with Crippen LogP contribution in [0.5, 0.6) is 0 Å². The molecule has 0 N–H and O–H groups in total. The molecule has 0 atom stereocenters. The van der Waals surface area contributed by atoms with Crippen molar-refractivity contribution in [3.05, 3.63) is 0 Å². The van der Waals surface area contributed by atoms with Crippen LogP contribution in [0.15, 0.2) is 0 Å². The number of aldehydes is 1. The molecule has 1 aliphatic heterocycles. The Balaban J connectivity index is 2.12. The zero-order chi connectivity index (χ0) is 8.10. The van der Waals surface area contributed by atoms with Gasteiger partial charge >= 0.3 is 0 Å². The van der Waals surface area contributed by atoms with Crippen LogP contribution in [0.25, 0.3) is 0 Å². The molecule has 0 aliphatic carbocycles. The minimum atomic E-state index is -0.142. The van der Waals surface area contributed by atoms with Crippen LogP contribution < -0.4 is 0 Å². The number of hydrogen-bond donors (Lipinski definition) is 0. The highest BCUT2D eigenvalue weighted by molar-refractivity contribution is 5.49. The van der Waals surface area contributed by atoms with E-state index in [1.165, 1.54) is 0 Å². The van der Waals surface area contributed by atoms with Gasteiger partial charge in [0.05, 0.1) is 13.2 Å². The Kier molecular flexibility index (Phi) is 3.52. The summed E-state index contributed by atoms with van der Waals surface area (Å²) in [5.41, 5.74) is 0. The van der Waals surface area contributed by atoms with Gasteiger partial charge < -0.3 is 14.3 Å². The smallest absolute Gasteiger partial charge is 0.158 e. The summed E-state index contributed by atoms with van der Waals surface area (Å²) in [5, 5.41) is 0. The van der Waals surface area contributed by atoms with Gasteiger partial charge in [-0.05, 0) is 0 Å². The number of carbonyl (C=O) groups is 1. The maximum atomic E-state index is 10.0. The van der Waals surface area contributed by atoms with E-state index in [2.05, 4.69) is 6.92 Å². The molecule has 1 rings (SSSR count). The number of ether oxygens (including phenoxy) is 2. The van der Waals surface area contributed by atoms with Gasteiger partial charge in [0.2, 0.25) is 0 Å².